The van der Waals surface area contributed by atoms with Gasteiger partial charge in [0.2, 0.25) is 0 Å². The minimum absolute atomic E-state index is 0.967. The lowest BCUT2D eigenvalue weighted by Gasteiger charge is -2.27. The summed E-state index contributed by atoms with van der Waals surface area (Å²) >= 11 is 0. The normalized spacial score (nSPS) is 11.7. The molecular weight excluding hydrogens is 617 g/mol. The van der Waals surface area contributed by atoms with Crippen molar-refractivity contribution in [3.05, 3.63) is 218 Å². The van der Waals surface area contributed by atoms with Crippen LogP contribution in [-0.2, 0) is 0 Å². The van der Waals surface area contributed by atoms with Crippen LogP contribution in [-0.4, -0.2) is 4.57 Å². The maximum Gasteiger partial charge on any atom is 0.0541 e. The minimum Gasteiger partial charge on any atom is -0.311 e. The molecule has 7 aromatic carbocycles. The molecular formula is C49H38N2. The number of benzene rings is 7. The van der Waals surface area contributed by atoms with Gasteiger partial charge >= 0.3 is 0 Å². The molecule has 8 aromatic rings. The Hall–Kier alpha value is -6.64. The number of allylic oxidation sites excluding steroid dienone is 4. The van der Waals surface area contributed by atoms with Crippen molar-refractivity contribution < 1.29 is 0 Å². The maximum absolute atomic E-state index is 4.34. The highest BCUT2D eigenvalue weighted by atomic mass is 15.1. The standard InChI is InChI=1S/C49H38N2/c1-3-42(29-22-36(2)37-14-6-4-7-15-37)50(43-30-23-39(24-31-43)38-16-8-5-9-17-38)44-32-25-40(26-33-44)41-27-34-45(35-28-41)51-48-20-12-10-18-46(48)47-19-11-13-21-49(47)51/h3-35H,2H2,1H3/b29-22-,42-3+. The summed E-state index contributed by atoms with van der Waals surface area (Å²) in [6.07, 6.45) is 6.41. The van der Waals surface area contributed by atoms with E-state index in [1.54, 1.807) is 0 Å². The van der Waals surface area contributed by atoms with Crippen molar-refractivity contribution in [1.82, 2.24) is 4.57 Å². The zero-order chi connectivity index (χ0) is 34.6. The Balaban J connectivity index is 1.12. The predicted molar refractivity (Wildman–Crippen MR) is 219 cm³/mol. The van der Waals surface area contributed by atoms with Gasteiger partial charge in [-0.15, -0.1) is 0 Å². The van der Waals surface area contributed by atoms with Crippen LogP contribution in [0.4, 0.5) is 11.4 Å². The zero-order valence-electron chi connectivity index (χ0n) is 28.7. The molecule has 0 aliphatic carbocycles. The number of para-hydroxylation sites is 2. The third-order valence-corrected chi connectivity index (χ3v) is 9.55. The van der Waals surface area contributed by atoms with Crippen LogP contribution in [0.1, 0.15) is 12.5 Å². The molecule has 1 aromatic heterocycles. The highest BCUT2D eigenvalue weighted by Crippen LogP contribution is 2.36. The molecule has 0 amide bonds. The van der Waals surface area contributed by atoms with Crippen molar-refractivity contribution >= 4 is 38.8 Å². The van der Waals surface area contributed by atoms with Gasteiger partial charge in [-0.25, -0.2) is 0 Å². The van der Waals surface area contributed by atoms with Gasteiger partial charge in [-0.3, -0.25) is 0 Å². The van der Waals surface area contributed by atoms with Gasteiger partial charge in [0, 0.05) is 33.5 Å². The summed E-state index contributed by atoms with van der Waals surface area (Å²) in [7, 11) is 0. The molecule has 0 spiro atoms. The molecule has 0 bridgehead atoms. The van der Waals surface area contributed by atoms with Gasteiger partial charge in [0.1, 0.15) is 0 Å². The van der Waals surface area contributed by atoms with Gasteiger partial charge in [-0.2, -0.15) is 0 Å². The van der Waals surface area contributed by atoms with Crippen LogP contribution >= 0.6 is 0 Å². The van der Waals surface area contributed by atoms with Gasteiger partial charge in [-0.05, 0) is 94.9 Å². The summed E-state index contributed by atoms with van der Waals surface area (Å²) in [6.45, 7) is 6.43. The topological polar surface area (TPSA) is 8.17 Å². The number of anilines is 2. The molecule has 1 heterocycles. The Morgan fingerprint density at radius 3 is 1.41 bits per heavy atom. The Kier molecular flexibility index (Phi) is 8.72. The summed E-state index contributed by atoms with van der Waals surface area (Å²) in [5, 5.41) is 2.54. The van der Waals surface area contributed by atoms with E-state index in [4.69, 9.17) is 0 Å². The average molecular weight is 655 g/mol. The van der Waals surface area contributed by atoms with Gasteiger partial charge in [0.05, 0.1) is 11.0 Å². The van der Waals surface area contributed by atoms with E-state index < -0.39 is 0 Å². The lowest BCUT2D eigenvalue weighted by molar-refractivity contribution is 1.18. The monoisotopic (exact) mass is 654 g/mol. The molecule has 0 N–H and O–H groups in total. The lowest BCUT2D eigenvalue weighted by atomic mass is 10.0. The highest BCUT2D eigenvalue weighted by Gasteiger charge is 2.15. The minimum atomic E-state index is 0.967. The van der Waals surface area contributed by atoms with Crippen molar-refractivity contribution in [1.29, 1.82) is 0 Å². The van der Waals surface area contributed by atoms with Crippen molar-refractivity contribution in [2.75, 3.05) is 4.90 Å². The molecule has 0 aliphatic heterocycles. The van der Waals surface area contributed by atoms with E-state index in [2.05, 4.69) is 205 Å². The van der Waals surface area contributed by atoms with Gasteiger partial charge < -0.3 is 9.47 Å². The number of hydrogen-bond donors (Lipinski definition) is 0. The summed E-state index contributed by atoms with van der Waals surface area (Å²) in [4.78, 5) is 2.30. The number of nitrogens with zero attached hydrogens (tertiary/aromatic N) is 2. The maximum atomic E-state index is 4.34. The third-order valence-electron chi connectivity index (χ3n) is 9.55. The SMILES string of the molecule is C=C(/C=C\C(=C/C)N(c1ccc(-c2ccccc2)cc1)c1ccc(-c2ccc(-n3c4ccccc4c4ccccc43)cc2)cc1)c1ccccc1. The van der Waals surface area contributed by atoms with Crippen LogP contribution in [0, 0.1) is 0 Å². The molecule has 0 aliphatic rings. The van der Waals surface area contributed by atoms with E-state index >= 15 is 0 Å². The van der Waals surface area contributed by atoms with Crippen LogP contribution in [0.25, 0.3) is 55.3 Å². The number of hydrogen-bond acceptors (Lipinski definition) is 1. The van der Waals surface area contributed by atoms with E-state index in [1.807, 2.05) is 18.2 Å². The van der Waals surface area contributed by atoms with E-state index in [9.17, 15) is 0 Å². The van der Waals surface area contributed by atoms with Crippen LogP contribution < -0.4 is 4.90 Å². The fourth-order valence-corrected chi connectivity index (χ4v) is 6.92. The molecule has 8 rings (SSSR count). The summed E-state index contributed by atoms with van der Waals surface area (Å²) in [6, 6.07) is 64.7. The highest BCUT2D eigenvalue weighted by molar-refractivity contribution is 6.09. The number of fused-ring (bicyclic) bond motifs is 3. The molecule has 0 saturated carbocycles. The second-order valence-corrected chi connectivity index (χ2v) is 12.6. The van der Waals surface area contributed by atoms with Crippen LogP contribution in [0.15, 0.2) is 212 Å². The third kappa shape index (κ3) is 6.32. The zero-order valence-corrected chi connectivity index (χ0v) is 28.7. The number of rotatable bonds is 9. The molecule has 0 unspecified atom stereocenters. The first-order valence-electron chi connectivity index (χ1n) is 17.4. The van der Waals surface area contributed by atoms with Crippen LogP contribution in [0.2, 0.25) is 0 Å². The van der Waals surface area contributed by atoms with E-state index in [-0.39, 0.29) is 0 Å². The molecule has 0 fully saturated rings. The van der Waals surface area contributed by atoms with E-state index in [0.29, 0.717) is 0 Å². The predicted octanol–water partition coefficient (Wildman–Crippen LogP) is 13.4. The smallest absolute Gasteiger partial charge is 0.0541 e. The van der Waals surface area contributed by atoms with E-state index in [1.165, 1.54) is 44.1 Å². The van der Waals surface area contributed by atoms with Gasteiger partial charge in [0.15, 0.2) is 0 Å². The van der Waals surface area contributed by atoms with E-state index in [0.717, 1.165) is 33.9 Å². The summed E-state index contributed by atoms with van der Waals surface area (Å²) in [5.41, 5.74) is 13.6. The van der Waals surface area contributed by atoms with Crippen LogP contribution in [0.3, 0.4) is 0 Å². The molecule has 0 radical (unpaired) electrons. The fraction of sp³-hybridized carbons (Fsp3) is 0.0204. The largest absolute Gasteiger partial charge is 0.311 e. The van der Waals surface area contributed by atoms with Crippen molar-refractivity contribution in [3.63, 3.8) is 0 Å². The molecule has 0 atom stereocenters. The summed E-state index contributed by atoms with van der Waals surface area (Å²) < 4.78 is 2.36. The average Bonchev–Trinajstić information content (AvgIpc) is 3.55. The van der Waals surface area contributed by atoms with Crippen molar-refractivity contribution in [2.45, 2.75) is 6.92 Å². The fourth-order valence-electron chi connectivity index (χ4n) is 6.92. The van der Waals surface area contributed by atoms with Crippen molar-refractivity contribution in [3.8, 4) is 27.9 Å². The summed E-state index contributed by atoms with van der Waals surface area (Å²) in [5.74, 6) is 0. The molecule has 2 heteroatoms. The second kappa shape index (κ2) is 14.1. The number of aromatic nitrogens is 1. The van der Waals surface area contributed by atoms with Gasteiger partial charge in [-0.1, -0.05) is 152 Å². The second-order valence-electron chi connectivity index (χ2n) is 12.6. The Labute approximate surface area is 300 Å². The first-order valence-corrected chi connectivity index (χ1v) is 17.4. The molecule has 2 nitrogen and oxygen atoms in total. The first kappa shape index (κ1) is 31.6. The Morgan fingerprint density at radius 2 is 0.902 bits per heavy atom. The Bertz CT molecular complexity index is 2450. The van der Waals surface area contributed by atoms with Crippen LogP contribution in [0.5, 0.6) is 0 Å². The van der Waals surface area contributed by atoms with Crippen molar-refractivity contribution in [2.24, 2.45) is 0 Å². The van der Waals surface area contributed by atoms with Gasteiger partial charge in [0.25, 0.3) is 0 Å². The first-order chi connectivity index (χ1) is 25.2. The molecule has 0 saturated heterocycles. The molecule has 244 valence electrons. The quantitative estimate of drug-likeness (QED) is 0.141. The lowest BCUT2D eigenvalue weighted by Crippen LogP contribution is -2.15. The molecule has 51 heavy (non-hydrogen) atoms. The Morgan fingerprint density at radius 1 is 0.471 bits per heavy atom.